The Hall–Kier alpha value is -3.08. The number of nitrogens with zero attached hydrogens (tertiary/aromatic N) is 3. The van der Waals surface area contributed by atoms with Crippen molar-refractivity contribution in [3.05, 3.63) is 59.7 Å². The Labute approximate surface area is 186 Å². The average molecular weight is 461 g/mol. The molecule has 10 heteroatoms. The topological polar surface area (TPSA) is 108 Å². The Kier molecular flexibility index (Phi) is 6.77. The number of esters is 1. The highest BCUT2D eigenvalue weighted by atomic mass is 32.2. The molecule has 0 amide bonds. The summed E-state index contributed by atoms with van der Waals surface area (Å²) in [6, 6.07) is 9.52. The Morgan fingerprint density at radius 1 is 1.25 bits per heavy atom. The lowest BCUT2D eigenvalue weighted by Crippen LogP contribution is -2.22. The first kappa shape index (κ1) is 23.6. The molecule has 0 radical (unpaired) electrons. The van der Waals surface area contributed by atoms with Crippen molar-refractivity contribution in [1.29, 1.82) is 0 Å². The van der Waals surface area contributed by atoms with Gasteiger partial charge in [-0.05, 0) is 42.8 Å². The number of imidazole rings is 1. The molecule has 0 bridgehead atoms. The highest BCUT2D eigenvalue weighted by Gasteiger charge is 2.20. The molecule has 0 fully saturated rings. The van der Waals surface area contributed by atoms with Gasteiger partial charge >= 0.3 is 5.97 Å². The summed E-state index contributed by atoms with van der Waals surface area (Å²) in [5.41, 5.74) is 8.03. The number of methoxy groups -OCH3 is 1. The van der Waals surface area contributed by atoms with Gasteiger partial charge in [0.1, 0.15) is 11.7 Å². The quantitative estimate of drug-likeness (QED) is 0.543. The van der Waals surface area contributed by atoms with Crippen molar-refractivity contribution in [1.82, 2.24) is 13.9 Å². The number of halogens is 1. The smallest absolute Gasteiger partial charge is 0.337 e. The third-order valence-corrected chi connectivity index (χ3v) is 6.89. The predicted molar refractivity (Wildman–Crippen MR) is 120 cm³/mol. The second-order valence-corrected chi connectivity index (χ2v) is 9.48. The van der Waals surface area contributed by atoms with Crippen LogP contribution in [0.5, 0.6) is 0 Å². The van der Waals surface area contributed by atoms with Crippen molar-refractivity contribution in [2.24, 2.45) is 5.73 Å². The zero-order valence-electron chi connectivity index (χ0n) is 18.3. The minimum atomic E-state index is -3.58. The van der Waals surface area contributed by atoms with Gasteiger partial charge in [-0.25, -0.2) is 26.9 Å². The van der Waals surface area contributed by atoms with Crippen LogP contribution in [0, 0.1) is 6.92 Å². The fourth-order valence-corrected chi connectivity index (χ4v) is 4.26. The van der Waals surface area contributed by atoms with E-state index in [1.54, 1.807) is 35.8 Å². The van der Waals surface area contributed by atoms with Crippen LogP contribution >= 0.6 is 0 Å². The summed E-state index contributed by atoms with van der Waals surface area (Å²) < 4.78 is 46.6. The summed E-state index contributed by atoms with van der Waals surface area (Å²) in [5.74, 6) is -0.419. The minimum absolute atomic E-state index is 0.0678. The number of ether oxygens (including phenoxy) is 1. The third-order valence-electron chi connectivity index (χ3n) is 5.06. The predicted octanol–water partition coefficient (Wildman–Crippen LogP) is 2.86. The maximum absolute atomic E-state index is 14.2. The summed E-state index contributed by atoms with van der Waals surface area (Å²) in [4.78, 5) is 17.0. The zero-order valence-corrected chi connectivity index (χ0v) is 19.1. The number of allylic oxidation sites excluding steroid dienone is 1. The number of carbonyl (C=O) groups excluding carboxylic acids is 1. The van der Waals surface area contributed by atoms with E-state index in [0.29, 0.717) is 28.0 Å². The summed E-state index contributed by atoms with van der Waals surface area (Å²) in [7, 11) is 0.610. The molecule has 0 saturated carbocycles. The van der Waals surface area contributed by atoms with Crippen LogP contribution in [0.15, 0.2) is 53.2 Å². The molecular formula is C22H25FN4O4S. The molecule has 0 spiro atoms. The molecule has 0 aliphatic heterocycles. The number of carbonyl (C=O) groups is 1. The molecule has 1 aromatic heterocycles. The van der Waals surface area contributed by atoms with Gasteiger partial charge in [-0.1, -0.05) is 12.1 Å². The Morgan fingerprint density at radius 2 is 1.91 bits per heavy atom. The molecule has 2 N–H and O–H groups in total. The molecule has 2 aromatic carbocycles. The van der Waals surface area contributed by atoms with Gasteiger partial charge in [-0.3, -0.25) is 0 Å². The molecule has 1 heterocycles. The van der Waals surface area contributed by atoms with Gasteiger partial charge in [0.2, 0.25) is 10.0 Å². The number of rotatable bonds is 7. The lowest BCUT2D eigenvalue weighted by molar-refractivity contribution is 0.0601. The molecule has 0 aliphatic carbocycles. The molecule has 3 aromatic rings. The third kappa shape index (κ3) is 4.43. The Balaban J connectivity index is 2.22. The van der Waals surface area contributed by atoms with Gasteiger partial charge in [0.05, 0.1) is 35.1 Å². The van der Waals surface area contributed by atoms with E-state index in [2.05, 4.69) is 4.98 Å². The summed E-state index contributed by atoms with van der Waals surface area (Å²) >= 11 is 0. The van der Waals surface area contributed by atoms with Gasteiger partial charge in [-0.15, -0.1) is 0 Å². The SMILES string of the molecule is COC(=O)c1cc(-c2ccc(S(=O)(=O)N(C)C)cc2)c2nc(C)n(C/C(F)=C/CN)c2c1. The van der Waals surface area contributed by atoms with Crippen molar-refractivity contribution in [3.8, 4) is 11.1 Å². The number of benzene rings is 2. The van der Waals surface area contributed by atoms with E-state index < -0.39 is 21.8 Å². The Bertz CT molecular complexity index is 1300. The van der Waals surface area contributed by atoms with Crippen molar-refractivity contribution >= 4 is 27.0 Å². The molecule has 3 rings (SSSR count). The molecular weight excluding hydrogens is 435 g/mol. The van der Waals surface area contributed by atoms with E-state index >= 15 is 0 Å². The fourth-order valence-electron chi connectivity index (χ4n) is 3.35. The molecule has 0 atom stereocenters. The van der Waals surface area contributed by atoms with Crippen molar-refractivity contribution < 1.29 is 22.3 Å². The molecule has 8 nitrogen and oxygen atoms in total. The van der Waals surface area contributed by atoms with Crippen LogP contribution in [0.4, 0.5) is 4.39 Å². The monoisotopic (exact) mass is 460 g/mol. The molecule has 0 aliphatic rings. The number of nitrogens with two attached hydrogens (primary N) is 1. The largest absolute Gasteiger partial charge is 0.465 e. The van der Waals surface area contributed by atoms with Gasteiger partial charge < -0.3 is 15.0 Å². The highest BCUT2D eigenvalue weighted by Crippen LogP contribution is 2.32. The average Bonchev–Trinajstić information content (AvgIpc) is 3.07. The summed E-state index contributed by atoms with van der Waals surface area (Å²) in [6.07, 6.45) is 1.28. The van der Waals surface area contributed by atoms with Crippen LogP contribution in [0.3, 0.4) is 0 Å². The zero-order chi connectivity index (χ0) is 23.6. The standard InChI is InChI=1S/C22H25FN4O4S/c1-14-25-21-19(15-5-7-18(8-6-15)32(29,30)26(2)3)11-16(22(28)31-4)12-20(21)27(14)13-17(23)9-10-24/h5-9,11-12H,10,13,24H2,1-4H3/b17-9-. The number of hydrogen-bond acceptors (Lipinski definition) is 6. The van der Waals surface area contributed by atoms with Crippen LogP contribution < -0.4 is 5.73 Å². The van der Waals surface area contributed by atoms with Gasteiger partial charge in [-0.2, -0.15) is 0 Å². The highest BCUT2D eigenvalue weighted by molar-refractivity contribution is 7.89. The first-order valence-corrected chi connectivity index (χ1v) is 11.2. The summed E-state index contributed by atoms with van der Waals surface area (Å²) in [5, 5.41) is 0. The van der Waals surface area contributed by atoms with E-state index in [1.165, 1.54) is 39.4 Å². The number of sulfonamides is 1. The van der Waals surface area contributed by atoms with Crippen molar-refractivity contribution in [2.45, 2.75) is 18.4 Å². The van der Waals surface area contributed by atoms with Gasteiger partial charge in [0, 0.05) is 26.2 Å². The number of aryl methyl sites for hydroxylation is 1. The Morgan fingerprint density at radius 3 is 2.47 bits per heavy atom. The maximum atomic E-state index is 14.2. The lowest BCUT2D eigenvalue weighted by atomic mass is 10.0. The lowest BCUT2D eigenvalue weighted by Gasteiger charge is -2.12. The summed E-state index contributed by atoms with van der Waals surface area (Å²) in [6.45, 7) is 1.73. The first-order valence-electron chi connectivity index (χ1n) is 9.77. The van der Waals surface area contributed by atoms with Gasteiger partial charge in [0.15, 0.2) is 0 Å². The van der Waals surface area contributed by atoms with E-state index in [4.69, 9.17) is 10.5 Å². The fraction of sp³-hybridized carbons (Fsp3) is 0.273. The molecule has 0 unspecified atom stereocenters. The van der Waals surface area contributed by atoms with Crippen LogP contribution in [0.1, 0.15) is 16.2 Å². The molecule has 170 valence electrons. The van der Waals surface area contributed by atoms with E-state index in [0.717, 1.165) is 4.31 Å². The van der Waals surface area contributed by atoms with E-state index in [9.17, 15) is 17.6 Å². The molecule has 0 saturated heterocycles. The number of hydrogen-bond donors (Lipinski definition) is 1. The first-order chi connectivity index (χ1) is 15.1. The van der Waals surface area contributed by atoms with E-state index in [-0.39, 0.29) is 23.5 Å². The number of aromatic nitrogens is 2. The minimum Gasteiger partial charge on any atom is -0.465 e. The van der Waals surface area contributed by atoms with E-state index in [1.807, 2.05) is 0 Å². The second kappa shape index (κ2) is 9.19. The van der Waals surface area contributed by atoms with Crippen LogP contribution in [0.25, 0.3) is 22.2 Å². The van der Waals surface area contributed by atoms with Crippen LogP contribution in [-0.4, -0.2) is 56.0 Å². The van der Waals surface area contributed by atoms with Crippen LogP contribution in [-0.2, 0) is 21.3 Å². The number of fused-ring (bicyclic) bond motifs is 1. The second-order valence-electron chi connectivity index (χ2n) is 7.33. The maximum Gasteiger partial charge on any atom is 0.337 e. The normalized spacial score (nSPS) is 12.5. The van der Waals surface area contributed by atoms with Crippen LogP contribution in [0.2, 0.25) is 0 Å². The van der Waals surface area contributed by atoms with Gasteiger partial charge in [0.25, 0.3) is 0 Å². The van der Waals surface area contributed by atoms with Crippen molar-refractivity contribution in [2.75, 3.05) is 27.7 Å². The molecule has 32 heavy (non-hydrogen) atoms. The van der Waals surface area contributed by atoms with Crippen molar-refractivity contribution in [3.63, 3.8) is 0 Å².